The third-order valence-corrected chi connectivity index (χ3v) is 5.17. The van der Waals surface area contributed by atoms with Crippen LogP contribution in [0.15, 0.2) is 42.6 Å². The molecular weight excluding hydrogens is 354 g/mol. The summed E-state index contributed by atoms with van der Waals surface area (Å²) in [5, 5.41) is 12.1. The van der Waals surface area contributed by atoms with Crippen LogP contribution in [-0.4, -0.2) is 38.9 Å². The highest BCUT2D eigenvalue weighted by atomic mass is 16.5. The Balaban J connectivity index is 1.58. The molecule has 0 aromatic carbocycles. The molecule has 0 amide bonds. The fraction of sp³-hybridized carbons (Fsp3) is 0.450. The van der Waals surface area contributed by atoms with Crippen LogP contribution in [0.5, 0.6) is 5.88 Å². The van der Waals surface area contributed by atoms with E-state index in [9.17, 15) is 0 Å². The van der Waals surface area contributed by atoms with Crippen LogP contribution in [0.25, 0.3) is 11.0 Å². The third kappa shape index (κ3) is 3.60. The van der Waals surface area contributed by atoms with Gasteiger partial charge in [0.1, 0.15) is 23.3 Å². The van der Waals surface area contributed by atoms with E-state index in [2.05, 4.69) is 46.6 Å². The number of allylic oxidation sites excluding steroid dienone is 2. The number of aromatic nitrogens is 4. The third-order valence-electron chi connectivity index (χ3n) is 5.17. The van der Waals surface area contributed by atoms with Gasteiger partial charge in [-0.2, -0.15) is 0 Å². The first-order valence-electron chi connectivity index (χ1n) is 9.84. The Hall–Kier alpha value is -2.87. The van der Waals surface area contributed by atoms with Crippen molar-refractivity contribution in [1.29, 1.82) is 0 Å². The first-order valence-corrected chi connectivity index (χ1v) is 9.84. The van der Waals surface area contributed by atoms with Crippen LogP contribution >= 0.6 is 0 Å². The summed E-state index contributed by atoms with van der Waals surface area (Å²) >= 11 is 0. The second kappa shape index (κ2) is 8.02. The molecule has 0 saturated heterocycles. The van der Waals surface area contributed by atoms with Gasteiger partial charge in [0, 0.05) is 12.7 Å². The maximum Gasteiger partial charge on any atom is 0.251 e. The Morgan fingerprint density at radius 3 is 3.04 bits per heavy atom. The maximum atomic E-state index is 6.21. The standard InChI is InChI=1S/C20H27N7O/c1-3-22-9-8-13(2)11-27-19-17(18(21)24-12-25-19)20(26-27)28-16-10-23-15-7-5-4-6-14(15)16/h4-7,10,12-15,22-23H,3,8-9,11H2,1-2H3,(H2,21,24,25). The molecule has 1 aliphatic heterocycles. The van der Waals surface area contributed by atoms with Gasteiger partial charge in [0.2, 0.25) is 0 Å². The number of nitrogen functional groups attached to an aromatic ring is 1. The fourth-order valence-electron chi connectivity index (χ4n) is 3.63. The van der Waals surface area contributed by atoms with Crippen molar-refractivity contribution < 1.29 is 4.74 Å². The van der Waals surface area contributed by atoms with Crippen LogP contribution in [0.1, 0.15) is 20.3 Å². The van der Waals surface area contributed by atoms with E-state index in [1.165, 1.54) is 6.33 Å². The van der Waals surface area contributed by atoms with Crippen molar-refractivity contribution in [2.75, 3.05) is 18.8 Å². The molecule has 3 unspecified atom stereocenters. The van der Waals surface area contributed by atoms with Crippen molar-refractivity contribution in [2.24, 2.45) is 11.8 Å². The molecule has 2 aliphatic rings. The molecule has 0 spiro atoms. The summed E-state index contributed by atoms with van der Waals surface area (Å²) in [7, 11) is 0. The zero-order valence-corrected chi connectivity index (χ0v) is 16.3. The zero-order valence-electron chi connectivity index (χ0n) is 16.3. The summed E-state index contributed by atoms with van der Waals surface area (Å²) in [6, 6.07) is 0.216. The lowest BCUT2D eigenvalue weighted by Crippen LogP contribution is -2.25. The molecule has 4 N–H and O–H groups in total. The molecule has 3 heterocycles. The van der Waals surface area contributed by atoms with Crippen LogP contribution in [0.4, 0.5) is 5.82 Å². The Labute approximate surface area is 164 Å². The SMILES string of the molecule is CCNCCC(C)Cn1nc(OC2=CNC3C=CC=CC23)c2c(N)ncnc21. The van der Waals surface area contributed by atoms with Gasteiger partial charge in [-0.25, -0.2) is 14.6 Å². The van der Waals surface area contributed by atoms with Gasteiger partial charge in [0.05, 0.1) is 12.0 Å². The molecule has 1 aliphatic carbocycles. The summed E-state index contributed by atoms with van der Waals surface area (Å²) in [5.74, 6) is 2.25. The number of ether oxygens (including phenoxy) is 1. The van der Waals surface area contributed by atoms with E-state index in [-0.39, 0.29) is 12.0 Å². The molecule has 148 valence electrons. The molecule has 3 atom stereocenters. The van der Waals surface area contributed by atoms with Gasteiger partial charge in [-0.3, -0.25) is 0 Å². The smallest absolute Gasteiger partial charge is 0.251 e. The van der Waals surface area contributed by atoms with Gasteiger partial charge in [0.15, 0.2) is 5.65 Å². The van der Waals surface area contributed by atoms with Crippen molar-refractivity contribution in [3.63, 3.8) is 0 Å². The Morgan fingerprint density at radius 1 is 1.32 bits per heavy atom. The number of fused-ring (bicyclic) bond motifs is 2. The number of hydrogen-bond acceptors (Lipinski definition) is 7. The van der Waals surface area contributed by atoms with E-state index < -0.39 is 0 Å². The highest BCUT2D eigenvalue weighted by molar-refractivity contribution is 5.90. The summed E-state index contributed by atoms with van der Waals surface area (Å²) < 4.78 is 8.09. The van der Waals surface area contributed by atoms with Crippen LogP contribution in [0.3, 0.4) is 0 Å². The topological polar surface area (TPSA) is 103 Å². The molecule has 8 nitrogen and oxygen atoms in total. The molecular formula is C20H27N7O. The number of nitrogens with zero attached hydrogens (tertiary/aromatic N) is 4. The minimum absolute atomic E-state index is 0.148. The zero-order chi connectivity index (χ0) is 19.5. The average Bonchev–Trinajstić information content (AvgIpc) is 3.25. The van der Waals surface area contributed by atoms with E-state index in [0.29, 0.717) is 28.6 Å². The highest BCUT2D eigenvalue weighted by Crippen LogP contribution is 2.33. The quantitative estimate of drug-likeness (QED) is 0.601. The first kappa shape index (κ1) is 18.5. The van der Waals surface area contributed by atoms with Crippen molar-refractivity contribution in [3.05, 3.63) is 42.6 Å². The normalized spacial score (nSPS) is 21.4. The average molecular weight is 381 g/mol. The molecule has 0 bridgehead atoms. The number of hydrogen-bond donors (Lipinski definition) is 3. The molecule has 0 radical (unpaired) electrons. The number of nitrogens with one attached hydrogen (secondary N) is 2. The summed E-state index contributed by atoms with van der Waals surface area (Å²) in [5.41, 5.74) is 6.86. The van der Waals surface area contributed by atoms with Crippen LogP contribution in [0.2, 0.25) is 0 Å². The van der Waals surface area contributed by atoms with Crippen molar-refractivity contribution in [2.45, 2.75) is 32.9 Å². The van der Waals surface area contributed by atoms with Gasteiger partial charge < -0.3 is 21.1 Å². The molecule has 2 aromatic heterocycles. The fourth-order valence-corrected chi connectivity index (χ4v) is 3.63. The highest BCUT2D eigenvalue weighted by Gasteiger charge is 2.30. The van der Waals surface area contributed by atoms with Gasteiger partial charge in [-0.05, 0) is 25.4 Å². The minimum atomic E-state index is 0.148. The van der Waals surface area contributed by atoms with Gasteiger partial charge in [-0.15, -0.1) is 5.10 Å². The molecule has 0 fully saturated rings. The molecule has 8 heteroatoms. The van der Waals surface area contributed by atoms with Gasteiger partial charge in [-0.1, -0.05) is 38.2 Å². The van der Waals surface area contributed by atoms with Crippen molar-refractivity contribution >= 4 is 16.9 Å². The van der Waals surface area contributed by atoms with Crippen molar-refractivity contribution in [1.82, 2.24) is 30.4 Å². The molecule has 4 rings (SSSR count). The summed E-state index contributed by atoms with van der Waals surface area (Å²) in [6.45, 7) is 7.03. The van der Waals surface area contributed by atoms with E-state index in [4.69, 9.17) is 15.6 Å². The number of anilines is 1. The lowest BCUT2D eigenvalue weighted by molar-refractivity contribution is 0.352. The van der Waals surface area contributed by atoms with Crippen LogP contribution < -0.4 is 21.1 Å². The number of rotatable bonds is 8. The van der Waals surface area contributed by atoms with E-state index in [1.54, 1.807) is 0 Å². The Bertz CT molecular complexity index is 930. The Morgan fingerprint density at radius 2 is 2.18 bits per heavy atom. The second-order valence-corrected chi connectivity index (χ2v) is 7.33. The maximum absolute atomic E-state index is 6.21. The van der Waals surface area contributed by atoms with E-state index >= 15 is 0 Å². The first-order chi connectivity index (χ1) is 13.7. The molecule has 0 saturated carbocycles. The summed E-state index contributed by atoms with van der Waals surface area (Å²) in [6.07, 6.45) is 12.8. The monoisotopic (exact) mass is 381 g/mol. The number of nitrogens with two attached hydrogens (primary N) is 1. The molecule has 28 heavy (non-hydrogen) atoms. The summed E-state index contributed by atoms with van der Waals surface area (Å²) in [4.78, 5) is 8.56. The van der Waals surface area contributed by atoms with E-state index in [0.717, 1.165) is 31.8 Å². The molecule has 2 aromatic rings. The van der Waals surface area contributed by atoms with Gasteiger partial charge in [0.25, 0.3) is 5.88 Å². The van der Waals surface area contributed by atoms with Crippen LogP contribution in [-0.2, 0) is 6.54 Å². The Kier molecular flexibility index (Phi) is 5.29. The minimum Gasteiger partial charge on any atom is -0.439 e. The van der Waals surface area contributed by atoms with Gasteiger partial charge >= 0.3 is 0 Å². The lowest BCUT2D eigenvalue weighted by Gasteiger charge is -2.18. The van der Waals surface area contributed by atoms with Crippen LogP contribution in [0, 0.1) is 11.8 Å². The lowest BCUT2D eigenvalue weighted by atomic mass is 9.96. The van der Waals surface area contributed by atoms with Crippen molar-refractivity contribution in [3.8, 4) is 5.88 Å². The predicted molar refractivity (Wildman–Crippen MR) is 109 cm³/mol. The second-order valence-electron chi connectivity index (χ2n) is 7.33. The predicted octanol–water partition coefficient (Wildman–Crippen LogP) is 1.98. The largest absolute Gasteiger partial charge is 0.439 e. The van der Waals surface area contributed by atoms with E-state index in [1.807, 2.05) is 23.0 Å².